The van der Waals surface area contributed by atoms with Crippen LogP contribution in [0.4, 0.5) is 0 Å². The number of hydrogen-bond acceptors (Lipinski definition) is 1. The largest absolute Gasteiger partial charge is 0.355 e. The summed E-state index contributed by atoms with van der Waals surface area (Å²) in [5.41, 5.74) is 0.499. The Bertz CT molecular complexity index is 185. The maximum atomic E-state index is 10.5. The van der Waals surface area contributed by atoms with Crippen molar-refractivity contribution >= 4 is 6.41 Å². The Hall–Kier alpha value is -0.530. The van der Waals surface area contributed by atoms with Crippen LogP contribution in [0.5, 0.6) is 0 Å². The third-order valence-corrected chi connectivity index (χ3v) is 4.03. The fourth-order valence-electron chi connectivity index (χ4n) is 3.33. The highest BCUT2D eigenvalue weighted by Gasteiger charge is 2.42. The van der Waals surface area contributed by atoms with E-state index in [4.69, 9.17) is 0 Å². The maximum absolute atomic E-state index is 10.5. The molecule has 1 unspecified atom stereocenters. The van der Waals surface area contributed by atoms with Crippen molar-refractivity contribution in [1.29, 1.82) is 0 Å². The lowest BCUT2D eigenvalue weighted by atomic mass is 9.69. The summed E-state index contributed by atoms with van der Waals surface area (Å²) in [6.45, 7) is 0. The Morgan fingerprint density at radius 3 is 2.31 bits per heavy atom. The van der Waals surface area contributed by atoms with Crippen molar-refractivity contribution in [3.8, 4) is 0 Å². The lowest BCUT2D eigenvalue weighted by Crippen LogP contribution is -2.45. The van der Waals surface area contributed by atoms with Gasteiger partial charge in [0, 0.05) is 6.04 Å². The van der Waals surface area contributed by atoms with Crippen molar-refractivity contribution in [2.45, 2.75) is 57.4 Å². The van der Waals surface area contributed by atoms with Gasteiger partial charge in [-0.1, -0.05) is 25.7 Å². The van der Waals surface area contributed by atoms with Crippen molar-refractivity contribution in [2.75, 3.05) is 0 Å². The van der Waals surface area contributed by atoms with Crippen molar-refractivity contribution < 1.29 is 4.79 Å². The van der Waals surface area contributed by atoms with Gasteiger partial charge in [-0.05, 0) is 31.1 Å². The Kier molecular flexibility index (Phi) is 2.56. The van der Waals surface area contributed by atoms with Gasteiger partial charge in [0.25, 0.3) is 0 Å². The number of nitrogens with one attached hydrogen (secondary N) is 1. The molecule has 2 saturated carbocycles. The van der Waals surface area contributed by atoms with Gasteiger partial charge in [-0.25, -0.2) is 0 Å². The van der Waals surface area contributed by atoms with Gasteiger partial charge < -0.3 is 5.32 Å². The first-order valence-electron chi connectivity index (χ1n) is 5.57. The predicted octanol–water partition coefficient (Wildman–Crippen LogP) is 2.24. The summed E-state index contributed by atoms with van der Waals surface area (Å²) in [5, 5.41) is 3.04. The second-order valence-corrected chi connectivity index (χ2v) is 4.65. The average Bonchev–Trinajstić information content (AvgIpc) is 2.59. The first kappa shape index (κ1) is 9.04. The summed E-state index contributed by atoms with van der Waals surface area (Å²) in [6.07, 6.45) is 11.6. The van der Waals surface area contributed by atoms with Gasteiger partial charge in [0.05, 0.1) is 0 Å². The molecule has 2 aliphatic rings. The number of carbonyl (C=O) groups excluding carboxylic acids is 1. The fourth-order valence-corrected chi connectivity index (χ4v) is 3.33. The monoisotopic (exact) mass is 181 g/mol. The van der Waals surface area contributed by atoms with Gasteiger partial charge in [0.15, 0.2) is 0 Å². The second-order valence-electron chi connectivity index (χ2n) is 4.65. The number of carbonyl (C=O) groups is 1. The first-order chi connectivity index (χ1) is 6.37. The molecule has 2 fully saturated rings. The Morgan fingerprint density at radius 1 is 1.08 bits per heavy atom. The highest BCUT2D eigenvalue weighted by Crippen LogP contribution is 2.48. The topological polar surface area (TPSA) is 29.1 Å². The van der Waals surface area contributed by atoms with E-state index in [0.29, 0.717) is 11.5 Å². The summed E-state index contributed by atoms with van der Waals surface area (Å²) >= 11 is 0. The summed E-state index contributed by atoms with van der Waals surface area (Å²) in [7, 11) is 0. The third kappa shape index (κ3) is 1.59. The lowest BCUT2D eigenvalue weighted by molar-refractivity contribution is -0.111. The van der Waals surface area contributed by atoms with Crippen LogP contribution in [-0.4, -0.2) is 12.5 Å². The van der Waals surface area contributed by atoms with Crippen molar-refractivity contribution in [3.05, 3.63) is 0 Å². The Morgan fingerprint density at radius 2 is 1.69 bits per heavy atom. The van der Waals surface area contributed by atoms with Gasteiger partial charge in [0.2, 0.25) is 6.41 Å². The minimum atomic E-state index is 0.487. The molecule has 1 atom stereocenters. The zero-order valence-electron chi connectivity index (χ0n) is 8.22. The van der Waals surface area contributed by atoms with E-state index < -0.39 is 0 Å². The molecule has 0 aromatic heterocycles. The van der Waals surface area contributed by atoms with E-state index in [-0.39, 0.29) is 0 Å². The van der Waals surface area contributed by atoms with E-state index >= 15 is 0 Å². The zero-order chi connectivity index (χ0) is 9.15. The second kappa shape index (κ2) is 3.69. The van der Waals surface area contributed by atoms with Crippen molar-refractivity contribution in [1.82, 2.24) is 5.32 Å². The van der Waals surface area contributed by atoms with Crippen LogP contribution in [0, 0.1) is 5.41 Å². The van der Waals surface area contributed by atoms with Crippen molar-refractivity contribution in [2.24, 2.45) is 5.41 Å². The molecule has 0 aliphatic heterocycles. The molecule has 1 N–H and O–H groups in total. The molecule has 1 amide bonds. The van der Waals surface area contributed by atoms with Crippen LogP contribution in [0.2, 0.25) is 0 Å². The van der Waals surface area contributed by atoms with E-state index in [2.05, 4.69) is 5.32 Å². The normalized spacial score (nSPS) is 31.8. The quantitative estimate of drug-likeness (QED) is 0.650. The Balaban J connectivity index is 2.06. The van der Waals surface area contributed by atoms with Crippen LogP contribution in [-0.2, 0) is 4.79 Å². The molecule has 1 spiro atoms. The van der Waals surface area contributed by atoms with E-state index in [9.17, 15) is 4.79 Å². The molecular weight excluding hydrogens is 162 g/mol. The van der Waals surface area contributed by atoms with E-state index in [0.717, 1.165) is 6.41 Å². The van der Waals surface area contributed by atoms with Gasteiger partial charge in [-0.3, -0.25) is 4.79 Å². The summed E-state index contributed by atoms with van der Waals surface area (Å²) < 4.78 is 0. The van der Waals surface area contributed by atoms with E-state index in [1.165, 1.54) is 51.4 Å². The molecule has 74 valence electrons. The first-order valence-corrected chi connectivity index (χ1v) is 5.57. The smallest absolute Gasteiger partial charge is 0.207 e. The molecule has 0 heterocycles. The van der Waals surface area contributed by atoms with Crippen LogP contribution >= 0.6 is 0 Å². The zero-order valence-corrected chi connectivity index (χ0v) is 8.22. The summed E-state index contributed by atoms with van der Waals surface area (Å²) in [4.78, 5) is 10.5. The van der Waals surface area contributed by atoms with E-state index in [1.54, 1.807) is 0 Å². The Labute approximate surface area is 80.1 Å². The minimum absolute atomic E-state index is 0.487. The van der Waals surface area contributed by atoms with Crippen LogP contribution in [0.25, 0.3) is 0 Å². The summed E-state index contributed by atoms with van der Waals surface area (Å²) in [5.74, 6) is 0. The lowest BCUT2D eigenvalue weighted by Gasteiger charge is -2.41. The van der Waals surface area contributed by atoms with Gasteiger partial charge in [-0.15, -0.1) is 0 Å². The van der Waals surface area contributed by atoms with Crippen LogP contribution in [0.3, 0.4) is 0 Å². The molecule has 0 bridgehead atoms. The number of hydrogen-bond donors (Lipinski definition) is 1. The average molecular weight is 181 g/mol. The molecule has 0 aromatic rings. The van der Waals surface area contributed by atoms with Gasteiger partial charge in [-0.2, -0.15) is 0 Å². The molecule has 2 rings (SSSR count). The highest BCUT2D eigenvalue weighted by atomic mass is 16.1. The van der Waals surface area contributed by atoms with E-state index in [1.807, 2.05) is 0 Å². The molecule has 0 aromatic carbocycles. The molecule has 2 aliphatic carbocycles. The number of rotatable bonds is 2. The molecule has 13 heavy (non-hydrogen) atoms. The standard InChI is InChI=1S/C11H19NO/c13-9-12-10-5-1-2-6-11(10)7-3-4-8-11/h9-10H,1-8H2,(H,12,13). The van der Waals surface area contributed by atoms with Crippen molar-refractivity contribution in [3.63, 3.8) is 0 Å². The fraction of sp³-hybridized carbons (Fsp3) is 0.909. The molecule has 0 saturated heterocycles. The van der Waals surface area contributed by atoms with Gasteiger partial charge in [0.1, 0.15) is 0 Å². The minimum Gasteiger partial charge on any atom is -0.355 e. The molecular formula is C11H19NO. The molecule has 2 nitrogen and oxygen atoms in total. The third-order valence-electron chi connectivity index (χ3n) is 4.03. The molecule has 0 radical (unpaired) electrons. The predicted molar refractivity (Wildman–Crippen MR) is 52.4 cm³/mol. The summed E-state index contributed by atoms with van der Waals surface area (Å²) in [6, 6.07) is 0.487. The van der Waals surface area contributed by atoms with Crippen LogP contribution in [0.1, 0.15) is 51.4 Å². The van der Waals surface area contributed by atoms with Gasteiger partial charge >= 0.3 is 0 Å². The SMILES string of the molecule is O=CNC1CCCCC12CCCC2. The number of amides is 1. The van der Waals surface area contributed by atoms with Crippen LogP contribution in [0.15, 0.2) is 0 Å². The molecule has 2 heteroatoms. The highest BCUT2D eigenvalue weighted by molar-refractivity contribution is 5.47. The maximum Gasteiger partial charge on any atom is 0.207 e. The van der Waals surface area contributed by atoms with Crippen LogP contribution < -0.4 is 5.32 Å².